The molecule has 1 N–H and O–H groups in total. The van der Waals surface area contributed by atoms with Crippen molar-refractivity contribution in [2.45, 2.75) is 6.92 Å². The lowest BCUT2D eigenvalue weighted by molar-refractivity contribution is 0.0523. The fraction of sp³-hybridized carbons (Fsp3) is 0.118. The number of carbonyl (C=O) groups is 1. The predicted molar refractivity (Wildman–Crippen MR) is 84.1 cm³/mol. The molecule has 0 fully saturated rings. The molecule has 0 aliphatic rings. The first kappa shape index (κ1) is 14.6. The van der Waals surface area contributed by atoms with Crippen LogP contribution in [-0.2, 0) is 4.74 Å². The number of H-pyrrole nitrogens is 1. The number of aromatic amines is 1. The highest BCUT2D eigenvalue weighted by atomic mass is 16.5. The Hall–Kier alpha value is -3.33. The van der Waals surface area contributed by atoms with Crippen molar-refractivity contribution in [3.63, 3.8) is 0 Å². The third-order valence-electron chi connectivity index (χ3n) is 3.47. The number of rotatable bonds is 3. The third-order valence-corrected chi connectivity index (χ3v) is 3.47. The van der Waals surface area contributed by atoms with Crippen molar-refractivity contribution in [2.24, 2.45) is 0 Å². The minimum Gasteiger partial charge on any atom is -0.462 e. The molecule has 6 nitrogen and oxygen atoms in total. The average molecular weight is 307 g/mol. The molecule has 0 radical (unpaired) electrons. The van der Waals surface area contributed by atoms with Gasteiger partial charge < -0.3 is 14.1 Å². The quantitative estimate of drug-likeness (QED) is 0.752. The van der Waals surface area contributed by atoms with Gasteiger partial charge in [-0.05, 0) is 12.5 Å². The molecule has 3 rings (SSSR count). The van der Waals surface area contributed by atoms with E-state index in [-0.39, 0.29) is 12.2 Å². The van der Waals surface area contributed by atoms with E-state index in [9.17, 15) is 14.9 Å². The van der Waals surface area contributed by atoms with Crippen LogP contribution < -0.4 is 5.56 Å². The molecule has 0 unspecified atom stereocenters. The number of nitrogens with one attached hydrogen (secondary N) is 1. The maximum Gasteiger partial charge on any atom is 0.345 e. The van der Waals surface area contributed by atoms with Crippen LogP contribution in [0.5, 0.6) is 0 Å². The normalized spacial score (nSPS) is 10.4. The summed E-state index contributed by atoms with van der Waals surface area (Å²) in [5.41, 5.74) is 1.56. The summed E-state index contributed by atoms with van der Waals surface area (Å²) in [4.78, 5) is 26.5. The highest BCUT2D eigenvalue weighted by molar-refractivity contribution is 5.89. The zero-order valence-corrected chi connectivity index (χ0v) is 12.4. The molecule has 3 aromatic rings. The van der Waals surface area contributed by atoms with Gasteiger partial charge in [0.05, 0.1) is 6.61 Å². The number of hydrogen-bond acceptors (Lipinski definition) is 4. The first-order chi connectivity index (χ1) is 11.2. The second-order valence-corrected chi connectivity index (χ2v) is 4.87. The molecule has 2 heterocycles. The molecular formula is C17H13N3O3. The second kappa shape index (κ2) is 5.81. The van der Waals surface area contributed by atoms with Gasteiger partial charge in [-0.3, -0.25) is 4.79 Å². The van der Waals surface area contributed by atoms with E-state index in [0.717, 1.165) is 5.56 Å². The Balaban J connectivity index is 2.25. The lowest BCUT2D eigenvalue weighted by Crippen LogP contribution is -2.21. The van der Waals surface area contributed by atoms with Crippen molar-refractivity contribution < 1.29 is 9.53 Å². The topological polar surface area (TPSA) is 87.4 Å². The van der Waals surface area contributed by atoms with E-state index in [4.69, 9.17) is 4.74 Å². The Kier molecular flexibility index (Phi) is 3.69. The Labute approximate surface area is 131 Å². The van der Waals surface area contributed by atoms with Gasteiger partial charge in [0.2, 0.25) is 0 Å². The highest BCUT2D eigenvalue weighted by Gasteiger charge is 2.18. The number of ether oxygens (including phenoxy) is 1. The summed E-state index contributed by atoms with van der Waals surface area (Å²) in [7, 11) is 0. The Bertz CT molecular complexity index is 978. The maximum absolute atomic E-state index is 12.1. The molecule has 114 valence electrons. The number of esters is 1. The van der Waals surface area contributed by atoms with Crippen LogP contribution in [0.25, 0.3) is 16.8 Å². The second-order valence-electron chi connectivity index (χ2n) is 4.87. The van der Waals surface area contributed by atoms with Gasteiger partial charge in [-0.1, -0.05) is 30.3 Å². The first-order valence-corrected chi connectivity index (χ1v) is 7.06. The Morgan fingerprint density at radius 2 is 2.04 bits per heavy atom. The fourth-order valence-corrected chi connectivity index (χ4v) is 2.43. The number of aromatic nitrogens is 2. The number of nitriles is 1. The van der Waals surface area contributed by atoms with Gasteiger partial charge in [-0.15, -0.1) is 0 Å². The highest BCUT2D eigenvalue weighted by Crippen LogP contribution is 2.26. The van der Waals surface area contributed by atoms with E-state index in [1.807, 2.05) is 30.3 Å². The number of carbonyl (C=O) groups excluding carboxylic acids is 1. The van der Waals surface area contributed by atoms with Gasteiger partial charge in [-0.25, -0.2) is 4.79 Å². The van der Waals surface area contributed by atoms with Gasteiger partial charge >= 0.3 is 5.97 Å². The number of fused-ring (bicyclic) bond motifs is 1. The predicted octanol–water partition coefficient (Wildman–Crippen LogP) is 2.34. The van der Waals surface area contributed by atoms with Crippen LogP contribution in [0.15, 0.2) is 47.5 Å². The summed E-state index contributed by atoms with van der Waals surface area (Å²) in [5, 5.41) is 9.44. The van der Waals surface area contributed by atoms with Crippen LogP contribution in [0.3, 0.4) is 0 Å². The summed E-state index contributed by atoms with van der Waals surface area (Å²) >= 11 is 0. The molecular weight excluding hydrogens is 294 g/mol. The standard InChI is InChI=1S/C17H13N3O3/c1-2-23-17(22)14-10-20-9-13(11-6-4-3-5-7-11)12(8-18)15(20)19-16(14)21/h3-7,9-10H,2H2,1H3,(H,19,21). The van der Waals surface area contributed by atoms with Gasteiger partial charge in [0.25, 0.3) is 5.56 Å². The van der Waals surface area contributed by atoms with Crippen LogP contribution in [0.4, 0.5) is 0 Å². The van der Waals surface area contributed by atoms with E-state index in [1.54, 1.807) is 17.5 Å². The number of benzene rings is 1. The van der Waals surface area contributed by atoms with Crippen LogP contribution in [0, 0.1) is 11.3 Å². The molecule has 0 aliphatic heterocycles. The summed E-state index contributed by atoms with van der Waals surface area (Å²) in [6.07, 6.45) is 3.10. The lowest BCUT2D eigenvalue weighted by atomic mass is 10.1. The van der Waals surface area contributed by atoms with Gasteiger partial charge in [0.1, 0.15) is 22.8 Å². The third kappa shape index (κ3) is 2.49. The minimum atomic E-state index is -0.691. The fourth-order valence-electron chi connectivity index (χ4n) is 2.43. The average Bonchev–Trinajstić information content (AvgIpc) is 2.92. The van der Waals surface area contributed by atoms with Gasteiger partial charge in [-0.2, -0.15) is 5.26 Å². The molecule has 0 aliphatic carbocycles. The van der Waals surface area contributed by atoms with Crippen molar-refractivity contribution in [1.82, 2.24) is 9.38 Å². The Morgan fingerprint density at radius 3 is 2.70 bits per heavy atom. The molecule has 0 saturated carbocycles. The number of nitrogens with zero attached hydrogens (tertiary/aromatic N) is 2. The Morgan fingerprint density at radius 1 is 1.30 bits per heavy atom. The smallest absolute Gasteiger partial charge is 0.345 e. The van der Waals surface area contributed by atoms with Crippen molar-refractivity contribution >= 4 is 11.6 Å². The van der Waals surface area contributed by atoms with Gasteiger partial charge in [0.15, 0.2) is 0 Å². The molecule has 1 aromatic carbocycles. The summed E-state index contributed by atoms with van der Waals surface area (Å²) in [6, 6.07) is 11.5. The number of hydrogen-bond donors (Lipinski definition) is 1. The largest absolute Gasteiger partial charge is 0.462 e. The van der Waals surface area contributed by atoms with E-state index >= 15 is 0 Å². The lowest BCUT2D eigenvalue weighted by Gasteiger charge is -2.02. The van der Waals surface area contributed by atoms with E-state index in [2.05, 4.69) is 11.1 Å². The van der Waals surface area contributed by atoms with Gasteiger partial charge in [0, 0.05) is 18.0 Å². The molecule has 2 aromatic heterocycles. The zero-order chi connectivity index (χ0) is 16.4. The van der Waals surface area contributed by atoms with E-state index < -0.39 is 11.5 Å². The van der Waals surface area contributed by atoms with Crippen LogP contribution in [-0.4, -0.2) is 22.0 Å². The van der Waals surface area contributed by atoms with Crippen LogP contribution in [0.1, 0.15) is 22.8 Å². The first-order valence-electron chi connectivity index (χ1n) is 7.06. The molecule has 0 saturated heterocycles. The molecule has 0 amide bonds. The van der Waals surface area contributed by atoms with E-state index in [1.165, 1.54) is 6.20 Å². The summed E-state index contributed by atoms with van der Waals surface area (Å²) in [6.45, 7) is 1.85. The molecule has 6 heteroatoms. The van der Waals surface area contributed by atoms with Crippen LogP contribution in [0.2, 0.25) is 0 Å². The maximum atomic E-state index is 12.1. The van der Waals surface area contributed by atoms with Crippen molar-refractivity contribution in [3.05, 3.63) is 64.2 Å². The van der Waals surface area contributed by atoms with Crippen molar-refractivity contribution in [1.29, 1.82) is 5.26 Å². The zero-order valence-electron chi connectivity index (χ0n) is 12.4. The molecule has 0 spiro atoms. The summed E-state index contributed by atoms with van der Waals surface area (Å²) < 4.78 is 6.43. The monoisotopic (exact) mass is 307 g/mol. The SMILES string of the molecule is CCOC(=O)c1cn2cc(-c3ccccc3)c(C#N)c2[nH]c1=O. The summed E-state index contributed by atoms with van der Waals surface area (Å²) in [5.74, 6) is -0.691. The molecule has 23 heavy (non-hydrogen) atoms. The van der Waals surface area contributed by atoms with Crippen molar-refractivity contribution in [2.75, 3.05) is 6.61 Å². The molecule has 0 bridgehead atoms. The van der Waals surface area contributed by atoms with Crippen molar-refractivity contribution in [3.8, 4) is 17.2 Å². The van der Waals surface area contributed by atoms with E-state index in [0.29, 0.717) is 16.8 Å². The minimum absolute atomic E-state index is 0.0987. The van der Waals surface area contributed by atoms with Crippen LogP contribution >= 0.6 is 0 Å². The molecule has 0 atom stereocenters.